The smallest absolute Gasteiger partial charge is 0.00482 e. The summed E-state index contributed by atoms with van der Waals surface area (Å²) in [6, 6.07) is 4.30. The first-order chi connectivity index (χ1) is 4.93. The molecule has 0 bridgehead atoms. The minimum atomic E-state index is 1.18. The first-order valence-corrected chi connectivity index (χ1v) is 4.45. The highest BCUT2D eigenvalue weighted by Gasteiger charge is 1.88. The largest absolute Gasteiger partial charge is 0.149 e. The molecule has 0 saturated heterocycles. The summed E-state index contributed by atoms with van der Waals surface area (Å²) in [6.45, 7) is 2.06. The number of thiophene rings is 1. The van der Waals surface area contributed by atoms with Gasteiger partial charge in [0.05, 0.1) is 0 Å². The first kappa shape index (κ1) is 7.55. The molecule has 0 aromatic carbocycles. The van der Waals surface area contributed by atoms with Crippen LogP contribution in [-0.2, 0) is 6.42 Å². The molecular weight excluding hydrogens is 140 g/mol. The fraction of sp³-hybridized carbons (Fsp3) is 0.333. The summed E-state index contributed by atoms with van der Waals surface area (Å²) in [4.78, 5) is 1.48. The van der Waals surface area contributed by atoms with Gasteiger partial charge >= 0.3 is 0 Å². The molecule has 0 aliphatic rings. The van der Waals surface area contributed by atoms with Crippen LogP contribution in [0.1, 0.15) is 18.2 Å². The number of allylic oxidation sites excluding steroid dienone is 2. The van der Waals surface area contributed by atoms with Crippen LogP contribution < -0.4 is 0 Å². The van der Waals surface area contributed by atoms with E-state index in [9.17, 15) is 0 Å². The molecule has 0 aliphatic heterocycles. The van der Waals surface area contributed by atoms with Crippen molar-refractivity contribution in [2.75, 3.05) is 0 Å². The first-order valence-electron chi connectivity index (χ1n) is 3.57. The van der Waals surface area contributed by atoms with Crippen molar-refractivity contribution in [3.63, 3.8) is 0 Å². The monoisotopic (exact) mass is 152 g/mol. The van der Waals surface area contributed by atoms with Crippen LogP contribution in [0, 0.1) is 0 Å². The Bertz CT molecular complexity index is 185. The molecule has 0 spiro atoms. The Labute approximate surface area is 66.2 Å². The standard InChI is InChI=1S/C9H12S/c1-2-3-4-6-9-7-5-8-10-9/h2-3,5,7-8H,4,6H2,1H3/b3-2-. The Balaban J connectivity index is 2.28. The van der Waals surface area contributed by atoms with E-state index in [0.29, 0.717) is 0 Å². The zero-order valence-electron chi connectivity index (χ0n) is 6.21. The zero-order valence-corrected chi connectivity index (χ0v) is 7.03. The lowest BCUT2D eigenvalue weighted by molar-refractivity contribution is 1.02. The van der Waals surface area contributed by atoms with Gasteiger partial charge in [0.15, 0.2) is 0 Å². The van der Waals surface area contributed by atoms with Crippen LogP contribution >= 0.6 is 11.3 Å². The van der Waals surface area contributed by atoms with Gasteiger partial charge in [0.2, 0.25) is 0 Å². The van der Waals surface area contributed by atoms with E-state index < -0.39 is 0 Å². The van der Waals surface area contributed by atoms with Gasteiger partial charge in [-0.1, -0.05) is 18.2 Å². The highest BCUT2D eigenvalue weighted by atomic mass is 32.1. The minimum absolute atomic E-state index is 1.18. The Morgan fingerprint density at radius 3 is 3.10 bits per heavy atom. The van der Waals surface area contributed by atoms with E-state index in [1.54, 1.807) is 0 Å². The maximum absolute atomic E-state index is 2.21. The molecule has 1 heteroatoms. The van der Waals surface area contributed by atoms with Gasteiger partial charge in [0.1, 0.15) is 0 Å². The third kappa shape index (κ3) is 2.36. The Morgan fingerprint density at radius 2 is 2.50 bits per heavy atom. The molecule has 0 radical (unpaired) electrons. The second-order valence-electron chi connectivity index (χ2n) is 2.19. The molecule has 0 aliphatic carbocycles. The average molecular weight is 152 g/mol. The van der Waals surface area contributed by atoms with Crippen molar-refractivity contribution >= 4 is 11.3 Å². The fourth-order valence-corrected chi connectivity index (χ4v) is 1.57. The van der Waals surface area contributed by atoms with Gasteiger partial charge in [-0.3, -0.25) is 0 Å². The van der Waals surface area contributed by atoms with Gasteiger partial charge in [0, 0.05) is 4.88 Å². The van der Waals surface area contributed by atoms with Crippen molar-refractivity contribution in [3.8, 4) is 0 Å². The molecule has 0 N–H and O–H groups in total. The van der Waals surface area contributed by atoms with E-state index in [1.807, 2.05) is 11.3 Å². The van der Waals surface area contributed by atoms with Gasteiger partial charge in [-0.05, 0) is 31.2 Å². The number of hydrogen-bond donors (Lipinski definition) is 0. The van der Waals surface area contributed by atoms with Crippen molar-refractivity contribution in [2.45, 2.75) is 19.8 Å². The van der Waals surface area contributed by atoms with Crippen LogP contribution in [-0.4, -0.2) is 0 Å². The lowest BCUT2D eigenvalue weighted by Crippen LogP contribution is -1.74. The molecule has 0 fully saturated rings. The molecule has 1 rings (SSSR count). The Hall–Kier alpha value is -0.560. The summed E-state index contributed by atoms with van der Waals surface area (Å²) in [5.74, 6) is 0. The minimum Gasteiger partial charge on any atom is -0.149 e. The fourth-order valence-electron chi connectivity index (χ4n) is 0.847. The van der Waals surface area contributed by atoms with Crippen molar-refractivity contribution in [2.24, 2.45) is 0 Å². The van der Waals surface area contributed by atoms with Crippen LogP contribution in [0.4, 0.5) is 0 Å². The number of aryl methyl sites for hydroxylation is 1. The molecule has 0 unspecified atom stereocenters. The molecular formula is C9H12S. The highest BCUT2D eigenvalue weighted by molar-refractivity contribution is 7.09. The predicted octanol–water partition coefficient (Wildman–Crippen LogP) is 3.26. The SMILES string of the molecule is C/C=C\CCc1cccs1. The van der Waals surface area contributed by atoms with E-state index in [1.165, 1.54) is 17.7 Å². The van der Waals surface area contributed by atoms with Crippen LogP contribution in [0.15, 0.2) is 29.7 Å². The third-order valence-corrected chi connectivity index (χ3v) is 2.31. The number of rotatable bonds is 3. The van der Waals surface area contributed by atoms with Gasteiger partial charge in [-0.2, -0.15) is 0 Å². The third-order valence-electron chi connectivity index (χ3n) is 1.37. The van der Waals surface area contributed by atoms with Gasteiger partial charge in [-0.25, -0.2) is 0 Å². The molecule has 1 aromatic heterocycles. The van der Waals surface area contributed by atoms with E-state index >= 15 is 0 Å². The van der Waals surface area contributed by atoms with E-state index in [4.69, 9.17) is 0 Å². The second kappa shape index (κ2) is 4.29. The molecule has 54 valence electrons. The molecule has 1 heterocycles. The lowest BCUT2D eigenvalue weighted by Gasteiger charge is -1.88. The van der Waals surface area contributed by atoms with Crippen molar-refractivity contribution in [1.82, 2.24) is 0 Å². The van der Waals surface area contributed by atoms with E-state index in [0.717, 1.165) is 0 Å². The lowest BCUT2D eigenvalue weighted by atomic mass is 10.2. The van der Waals surface area contributed by atoms with Crippen molar-refractivity contribution < 1.29 is 0 Å². The maximum atomic E-state index is 2.21. The molecule has 0 nitrogen and oxygen atoms in total. The van der Waals surface area contributed by atoms with Gasteiger partial charge in [0.25, 0.3) is 0 Å². The summed E-state index contributed by atoms with van der Waals surface area (Å²) in [7, 11) is 0. The Kier molecular flexibility index (Phi) is 3.23. The summed E-state index contributed by atoms with van der Waals surface area (Å²) < 4.78 is 0. The molecule has 0 amide bonds. The van der Waals surface area contributed by atoms with Crippen LogP contribution in [0.2, 0.25) is 0 Å². The second-order valence-corrected chi connectivity index (χ2v) is 3.22. The van der Waals surface area contributed by atoms with Crippen LogP contribution in [0.3, 0.4) is 0 Å². The number of hydrogen-bond acceptors (Lipinski definition) is 1. The van der Waals surface area contributed by atoms with Crippen LogP contribution in [0.25, 0.3) is 0 Å². The van der Waals surface area contributed by atoms with E-state index in [-0.39, 0.29) is 0 Å². The quantitative estimate of drug-likeness (QED) is 0.583. The van der Waals surface area contributed by atoms with E-state index in [2.05, 4.69) is 36.6 Å². The summed E-state index contributed by atoms with van der Waals surface area (Å²) in [6.07, 6.45) is 6.69. The topological polar surface area (TPSA) is 0 Å². The van der Waals surface area contributed by atoms with Crippen molar-refractivity contribution in [1.29, 1.82) is 0 Å². The summed E-state index contributed by atoms with van der Waals surface area (Å²) in [5.41, 5.74) is 0. The molecule has 1 aromatic rings. The zero-order chi connectivity index (χ0) is 7.23. The van der Waals surface area contributed by atoms with Crippen LogP contribution in [0.5, 0.6) is 0 Å². The maximum Gasteiger partial charge on any atom is 0.00482 e. The normalized spacial score (nSPS) is 10.9. The molecule has 0 saturated carbocycles. The van der Waals surface area contributed by atoms with Gasteiger partial charge in [-0.15, -0.1) is 11.3 Å². The average Bonchev–Trinajstić information content (AvgIpc) is 2.41. The Morgan fingerprint density at radius 1 is 1.60 bits per heavy atom. The highest BCUT2D eigenvalue weighted by Crippen LogP contribution is 2.10. The predicted molar refractivity (Wildman–Crippen MR) is 47.5 cm³/mol. The molecule has 10 heavy (non-hydrogen) atoms. The summed E-state index contributed by atoms with van der Waals surface area (Å²) >= 11 is 1.84. The van der Waals surface area contributed by atoms with Gasteiger partial charge < -0.3 is 0 Å². The molecule has 0 atom stereocenters. The van der Waals surface area contributed by atoms with Crippen molar-refractivity contribution in [3.05, 3.63) is 34.5 Å². The summed E-state index contributed by atoms with van der Waals surface area (Å²) in [5, 5.41) is 2.13.